The average molecular weight is 256 g/mol. The van der Waals surface area contributed by atoms with Crippen molar-refractivity contribution < 1.29 is 5.11 Å². The molecule has 1 rings (SSSR count). The van der Waals surface area contributed by atoms with Gasteiger partial charge in [-0.15, -0.1) is 0 Å². The molecule has 0 amide bonds. The van der Waals surface area contributed by atoms with Crippen LogP contribution in [0.25, 0.3) is 0 Å². The predicted molar refractivity (Wildman–Crippen MR) is 77.9 cm³/mol. The number of aliphatic hydroxyl groups excluding tert-OH is 1. The van der Waals surface area contributed by atoms with Gasteiger partial charge in [0, 0.05) is 12.1 Å². The fourth-order valence-electron chi connectivity index (χ4n) is 3.03. The molecule has 1 aliphatic heterocycles. The van der Waals surface area contributed by atoms with Gasteiger partial charge in [0.05, 0.1) is 6.61 Å². The zero-order chi connectivity index (χ0) is 13.4. The molecule has 18 heavy (non-hydrogen) atoms. The van der Waals surface area contributed by atoms with Gasteiger partial charge in [-0.05, 0) is 58.2 Å². The minimum atomic E-state index is -0.0886. The van der Waals surface area contributed by atoms with E-state index < -0.39 is 0 Å². The highest BCUT2D eigenvalue weighted by Crippen LogP contribution is 2.20. The normalized spacial score (nSPS) is 25.0. The van der Waals surface area contributed by atoms with E-state index in [0.29, 0.717) is 0 Å². The monoisotopic (exact) mass is 256 g/mol. The van der Waals surface area contributed by atoms with Gasteiger partial charge in [0.25, 0.3) is 0 Å². The first kappa shape index (κ1) is 15.9. The Kier molecular flexibility index (Phi) is 7.20. The summed E-state index contributed by atoms with van der Waals surface area (Å²) in [5, 5.41) is 12.9. The molecule has 2 N–H and O–H groups in total. The van der Waals surface area contributed by atoms with Crippen LogP contribution in [0.4, 0.5) is 0 Å². The number of nitrogens with zero attached hydrogens (tertiary/aromatic N) is 1. The number of hydrogen-bond donors (Lipinski definition) is 2. The summed E-state index contributed by atoms with van der Waals surface area (Å²) in [5.41, 5.74) is -0.0886. The van der Waals surface area contributed by atoms with E-state index in [0.717, 1.165) is 18.9 Å². The first-order valence-corrected chi connectivity index (χ1v) is 7.71. The van der Waals surface area contributed by atoms with Gasteiger partial charge in [-0.2, -0.15) is 0 Å². The molecule has 0 bridgehead atoms. The van der Waals surface area contributed by atoms with Crippen LogP contribution in [-0.4, -0.2) is 48.3 Å². The second kappa shape index (κ2) is 8.13. The van der Waals surface area contributed by atoms with Gasteiger partial charge in [0.1, 0.15) is 0 Å². The molecule has 0 spiro atoms. The fourth-order valence-corrected chi connectivity index (χ4v) is 3.03. The summed E-state index contributed by atoms with van der Waals surface area (Å²) in [6.07, 6.45) is 6.34. The molecular weight excluding hydrogens is 224 g/mol. The lowest BCUT2D eigenvalue weighted by Crippen LogP contribution is -2.46. The van der Waals surface area contributed by atoms with E-state index in [1.165, 1.54) is 45.3 Å². The van der Waals surface area contributed by atoms with Crippen molar-refractivity contribution in [2.45, 2.75) is 58.4 Å². The van der Waals surface area contributed by atoms with Gasteiger partial charge in [0.15, 0.2) is 0 Å². The molecule has 2 atom stereocenters. The Balaban J connectivity index is 2.23. The second-order valence-corrected chi connectivity index (χ2v) is 6.07. The van der Waals surface area contributed by atoms with E-state index in [2.05, 4.69) is 31.0 Å². The molecule has 3 heteroatoms. The third-order valence-corrected chi connectivity index (χ3v) is 4.34. The molecule has 108 valence electrons. The van der Waals surface area contributed by atoms with Gasteiger partial charge in [-0.1, -0.05) is 20.3 Å². The van der Waals surface area contributed by atoms with Crippen molar-refractivity contribution in [2.24, 2.45) is 5.92 Å². The van der Waals surface area contributed by atoms with Gasteiger partial charge in [-0.3, -0.25) is 0 Å². The van der Waals surface area contributed by atoms with Crippen LogP contribution in [0, 0.1) is 5.92 Å². The lowest BCUT2D eigenvalue weighted by molar-refractivity contribution is 0.141. The maximum Gasteiger partial charge on any atom is 0.0610 e. The SMILES string of the molecule is CCNC(C)(CO)CCCN1CCCC(CC)C1. The maximum absolute atomic E-state index is 9.46. The van der Waals surface area contributed by atoms with E-state index in [1.807, 2.05) is 0 Å². The highest BCUT2D eigenvalue weighted by Gasteiger charge is 2.23. The Morgan fingerprint density at radius 2 is 2.17 bits per heavy atom. The molecule has 2 unspecified atom stereocenters. The molecule has 0 aliphatic carbocycles. The summed E-state index contributed by atoms with van der Waals surface area (Å²) < 4.78 is 0. The number of likely N-dealkylation sites (tertiary alicyclic amines) is 1. The number of likely N-dealkylation sites (N-methyl/N-ethyl adjacent to an activating group) is 1. The standard InChI is InChI=1S/C15H32N2O/c1-4-14-8-6-10-17(12-14)11-7-9-15(3,13-18)16-5-2/h14,16,18H,4-13H2,1-3H3. The molecular formula is C15H32N2O. The van der Waals surface area contributed by atoms with Crippen molar-refractivity contribution in [1.29, 1.82) is 0 Å². The topological polar surface area (TPSA) is 35.5 Å². The molecule has 0 aromatic heterocycles. The third kappa shape index (κ3) is 5.25. The number of rotatable bonds is 8. The van der Waals surface area contributed by atoms with E-state index >= 15 is 0 Å². The zero-order valence-electron chi connectivity index (χ0n) is 12.5. The van der Waals surface area contributed by atoms with Crippen molar-refractivity contribution in [3.05, 3.63) is 0 Å². The quantitative estimate of drug-likeness (QED) is 0.699. The van der Waals surface area contributed by atoms with Gasteiger partial charge in [-0.25, -0.2) is 0 Å². The molecule has 0 aromatic rings. The minimum Gasteiger partial charge on any atom is -0.394 e. The molecule has 1 fully saturated rings. The molecule has 0 radical (unpaired) electrons. The van der Waals surface area contributed by atoms with Crippen LogP contribution in [0.1, 0.15) is 52.9 Å². The van der Waals surface area contributed by atoms with E-state index in [-0.39, 0.29) is 12.1 Å². The van der Waals surface area contributed by atoms with Crippen LogP contribution in [0.2, 0.25) is 0 Å². The minimum absolute atomic E-state index is 0.0886. The smallest absolute Gasteiger partial charge is 0.0610 e. The van der Waals surface area contributed by atoms with Crippen LogP contribution in [0.15, 0.2) is 0 Å². The maximum atomic E-state index is 9.46. The molecule has 0 aromatic carbocycles. The van der Waals surface area contributed by atoms with Crippen molar-refractivity contribution >= 4 is 0 Å². The average Bonchev–Trinajstić information content (AvgIpc) is 2.39. The number of hydrogen-bond acceptors (Lipinski definition) is 3. The Hall–Kier alpha value is -0.120. The Labute approximate surface area is 113 Å². The molecule has 1 aliphatic rings. The predicted octanol–water partition coefficient (Wildman–Crippen LogP) is 2.25. The van der Waals surface area contributed by atoms with Crippen molar-refractivity contribution in [3.8, 4) is 0 Å². The van der Waals surface area contributed by atoms with Crippen molar-refractivity contribution in [1.82, 2.24) is 10.2 Å². The van der Waals surface area contributed by atoms with Gasteiger partial charge >= 0.3 is 0 Å². The van der Waals surface area contributed by atoms with E-state index in [4.69, 9.17) is 0 Å². The molecule has 1 heterocycles. The van der Waals surface area contributed by atoms with Crippen LogP contribution < -0.4 is 5.32 Å². The Morgan fingerprint density at radius 1 is 1.39 bits per heavy atom. The first-order valence-electron chi connectivity index (χ1n) is 7.71. The van der Waals surface area contributed by atoms with Gasteiger partial charge < -0.3 is 15.3 Å². The van der Waals surface area contributed by atoms with Crippen LogP contribution >= 0.6 is 0 Å². The summed E-state index contributed by atoms with van der Waals surface area (Å²) in [4.78, 5) is 2.61. The number of nitrogens with one attached hydrogen (secondary N) is 1. The third-order valence-electron chi connectivity index (χ3n) is 4.34. The van der Waals surface area contributed by atoms with Crippen LogP contribution in [-0.2, 0) is 0 Å². The lowest BCUT2D eigenvalue weighted by Gasteiger charge is -2.34. The van der Waals surface area contributed by atoms with Crippen molar-refractivity contribution in [3.63, 3.8) is 0 Å². The Bertz CT molecular complexity index is 223. The van der Waals surface area contributed by atoms with Gasteiger partial charge in [0.2, 0.25) is 0 Å². The number of piperidine rings is 1. The molecule has 0 saturated carbocycles. The van der Waals surface area contributed by atoms with Crippen molar-refractivity contribution in [2.75, 3.05) is 32.8 Å². The summed E-state index contributed by atoms with van der Waals surface area (Å²) in [5.74, 6) is 0.914. The highest BCUT2D eigenvalue weighted by atomic mass is 16.3. The first-order chi connectivity index (χ1) is 8.63. The summed E-state index contributed by atoms with van der Waals surface area (Å²) in [6.45, 7) is 11.4. The summed E-state index contributed by atoms with van der Waals surface area (Å²) in [7, 11) is 0. The molecule has 1 saturated heterocycles. The molecule has 3 nitrogen and oxygen atoms in total. The fraction of sp³-hybridized carbons (Fsp3) is 1.00. The zero-order valence-corrected chi connectivity index (χ0v) is 12.5. The second-order valence-electron chi connectivity index (χ2n) is 6.07. The highest BCUT2D eigenvalue weighted by molar-refractivity contribution is 4.82. The lowest BCUT2D eigenvalue weighted by atomic mass is 9.94. The van der Waals surface area contributed by atoms with E-state index in [1.54, 1.807) is 0 Å². The Morgan fingerprint density at radius 3 is 2.78 bits per heavy atom. The summed E-state index contributed by atoms with van der Waals surface area (Å²) in [6, 6.07) is 0. The largest absolute Gasteiger partial charge is 0.394 e. The van der Waals surface area contributed by atoms with E-state index in [9.17, 15) is 5.11 Å². The van der Waals surface area contributed by atoms with Crippen LogP contribution in [0.5, 0.6) is 0 Å². The van der Waals surface area contributed by atoms with Crippen LogP contribution in [0.3, 0.4) is 0 Å². The number of aliphatic hydroxyl groups is 1. The summed E-state index contributed by atoms with van der Waals surface area (Å²) >= 11 is 0.